The van der Waals surface area contributed by atoms with Crippen molar-refractivity contribution in [3.63, 3.8) is 0 Å². The molecule has 0 atom stereocenters. The fourth-order valence-electron chi connectivity index (χ4n) is 3.04. The summed E-state index contributed by atoms with van der Waals surface area (Å²) >= 11 is 0. The third kappa shape index (κ3) is 4.07. The Labute approximate surface area is 172 Å². The van der Waals surface area contributed by atoms with Crippen molar-refractivity contribution in [1.82, 2.24) is 15.2 Å². The average molecular weight is 406 g/mol. The van der Waals surface area contributed by atoms with E-state index in [0.717, 1.165) is 11.1 Å². The molecule has 3 aromatic rings. The van der Waals surface area contributed by atoms with Gasteiger partial charge in [0, 0.05) is 11.3 Å². The Bertz CT molecular complexity index is 1220. The molecule has 0 fully saturated rings. The molecule has 1 aromatic heterocycles. The summed E-state index contributed by atoms with van der Waals surface area (Å²) in [6.45, 7) is 7.38. The van der Waals surface area contributed by atoms with Crippen LogP contribution in [-0.4, -0.2) is 32.5 Å². The number of aromatic carboxylic acids is 1. The van der Waals surface area contributed by atoms with Crippen LogP contribution in [0, 0.1) is 20.8 Å². The molecule has 154 valence electrons. The largest absolute Gasteiger partial charge is 0.478 e. The smallest absolute Gasteiger partial charge is 0.335 e. The number of hydrogen-bond acceptors (Lipinski definition) is 4. The van der Waals surface area contributed by atoms with Crippen molar-refractivity contribution in [3.8, 4) is 5.69 Å². The first-order chi connectivity index (χ1) is 14.2. The van der Waals surface area contributed by atoms with Crippen molar-refractivity contribution in [2.45, 2.75) is 27.7 Å². The highest BCUT2D eigenvalue weighted by Gasteiger charge is 2.16. The van der Waals surface area contributed by atoms with E-state index in [1.54, 1.807) is 13.8 Å². The number of nitrogens with zero attached hydrogens (tertiary/aromatic N) is 2. The minimum absolute atomic E-state index is 0.0843. The Kier molecular flexibility index (Phi) is 5.68. The fourth-order valence-corrected chi connectivity index (χ4v) is 3.04. The van der Waals surface area contributed by atoms with E-state index >= 15 is 0 Å². The van der Waals surface area contributed by atoms with Gasteiger partial charge in [0.05, 0.1) is 22.5 Å². The van der Waals surface area contributed by atoms with Crippen LogP contribution in [0.3, 0.4) is 0 Å². The van der Waals surface area contributed by atoms with Gasteiger partial charge in [-0.2, -0.15) is 5.10 Å². The Morgan fingerprint density at radius 3 is 2.23 bits per heavy atom. The summed E-state index contributed by atoms with van der Waals surface area (Å²) in [5, 5.41) is 16.0. The summed E-state index contributed by atoms with van der Waals surface area (Å²) in [4.78, 5) is 36.1. The third-order valence-electron chi connectivity index (χ3n) is 4.90. The predicted molar refractivity (Wildman–Crippen MR) is 114 cm³/mol. The maximum atomic E-state index is 12.9. The van der Waals surface area contributed by atoms with Gasteiger partial charge in [-0.15, -0.1) is 0 Å². The van der Waals surface area contributed by atoms with E-state index in [9.17, 15) is 14.4 Å². The van der Waals surface area contributed by atoms with Gasteiger partial charge in [-0.1, -0.05) is 6.07 Å². The average Bonchev–Trinajstić information content (AvgIpc) is 3.02. The summed E-state index contributed by atoms with van der Waals surface area (Å²) < 4.78 is 1.45. The minimum atomic E-state index is -1.07. The number of benzene rings is 2. The summed E-state index contributed by atoms with van der Waals surface area (Å²) in [7, 11) is 0. The molecule has 0 saturated heterocycles. The minimum Gasteiger partial charge on any atom is -0.478 e. The van der Waals surface area contributed by atoms with Crippen LogP contribution in [0.1, 0.15) is 50.0 Å². The first-order valence-corrected chi connectivity index (χ1v) is 9.26. The van der Waals surface area contributed by atoms with Crippen LogP contribution in [0.2, 0.25) is 0 Å². The molecule has 0 spiro atoms. The molecule has 30 heavy (non-hydrogen) atoms. The summed E-state index contributed by atoms with van der Waals surface area (Å²) in [5.74, 6) is -1.58. The maximum Gasteiger partial charge on any atom is 0.335 e. The number of carbonyl (C=O) groups excluding carboxylic acids is 1. The van der Waals surface area contributed by atoms with Gasteiger partial charge in [0.25, 0.3) is 11.5 Å². The number of carbonyl (C=O) groups is 2. The number of hydrazone groups is 1. The molecular weight excluding hydrogens is 384 g/mol. The molecule has 8 nitrogen and oxygen atoms in total. The van der Waals surface area contributed by atoms with Gasteiger partial charge in [0.15, 0.2) is 0 Å². The topological polar surface area (TPSA) is 117 Å². The van der Waals surface area contributed by atoms with Crippen molar-refractivity contribution in [3.05, 3.63) is 86.3 Å². The standard InChI is InChI=1S/C22H22N4O4/c1-12-5-10-18(11-13(12)2)26-21(28)19(15(4)25-26)14(3)23-24-20(27)16-6-8-17(9-7-16)22(29)30/h5-11,25H,1-4H3,(H,24,27)(H,29,30). The number of aromatic amines is 1. The van der Waals surface area contributed by atoms with E-state index in [0.29, 0.717) is 22.7 Å². The lowest BCUT2D eigenvalue weighted by Crippen LogP contribution is -2.23. The van der Waals surface area contributed by atoms with Gasteiger partial charge < -0.3 is 5.11 Å². The Morgan fingerprint density at radius 2 is 1.63 bits per heavy atom. The lowest BCUT2D eigenvalue weighted by molar-refractivity contribution is 0.0696. The fraction of sp³-hybridized carbons (Fsp3) is 0.182. The number of aromatic nitrogens is 2. The number of aryl methyl sites for hydroxylation is 3. The molecule has 0 saturated carbocycles. The zero-order valence-electron chi connectivity index (χ0n) is 17.1. The van der Waals surface area contributed by atoms with Gasteiger partial charge in [0.2, 0.25) is 0 Å². The van der Waals surface area contributed by atoms with Crippen LogP contribution in [0.4, 0.5) is 0 Å². The quantitative estimate of drug-likeness (QED) is 0.446. The van der Waals surface area contributed by atoms with E-state index < -0.39 is 11.9 Å². The molecular formula is C22H22N4O4. The third-order valence-corrected chi connectivity index (χ3v) is 4.90. The van der Waals surface area contributed by atoms with Crippen LogP contribution < -0.4 is 11.0 Å². The van der Waals surface area contributed by atoms with Crippen molar-refractivity contribution in [2.24, 2.45) is 5.10 Å². The Hall–Kier alpha value is -3.94. The predicted octanol–water partition coefficient (Wildman–Crippen LogP) is 2.94. The van der Waals surface area contributed by atoms with Crippen LogP contribution in [0.25, 0.3) is 5.69 Å². The molecule has 8 heteroatoms. The molecule has 0 bridgehead atoms. The van der Waals surface area contributed by atoms with Crippen molar-refractivity contribution < 1.29 is 14.7 Å². The van der Waals surface area contributed by atoms with Gasteiger partial charge in [-0.05, 0) is 75.2 Å². The second kappa shape index (κ2) is 8.20. The molecule has 0 aliphatic heterocycles. The zero-order chi connectivity index (χ0) is 22.0. The zero-order valence-corrected chi connectivity index (χ0v) is 17.1. The van der Waals surface area contributed by atoms with Crippen LogP contribution in [0.15, 0.2) is 52.4 Å². The monoisotopic (exact) mass is 406 g/mol. The first-order valence-electron chi connectivity index (χ1n) is 9.26. The number of rotatable bonds is 5. The number of hydrogen-bond donors (Lipinski definition) is 3. The molecule has 0 aliphatic rings. The van der Waals surface area contributed by atoms with Gasteiger partial charge in [-0.25, -0.2) is 14.9 Å². The van der Waals surface area contributed by atoms with Crippen molar-refractivity contribution in [2.75, 3.05) is 0 Å². The highest BCUT2D eigenvalue weighted by molar-refractivity contribution is 6.01. The second-order valence-electron chi connectivity index (χ2n) is 7.04. The molecule has 3 N–H and O–H groups in total. The Morgan fingerprint density at radius 1 is 1.00 bits per heavy atom. The first kappa shape index (κ1) is 20.8. The SMILES string of the molecule is CC(=NNC(=O)c1ccc(C(=O)O)cc1)c1c(C)[nH]n(-c2ccc(C)c(C)c2)c1=O. The normalized spacial score (nSPS) is 11.4. The second-order valence-corrected chi connectivity index (χ2v) is 7.04. The van der Waals surface area contributed by atoms with Crippen molar-refractivity contribution in [1.29, 1.82) is 0 Å². The number of amides is 1. The van der Waals surface area contributed by atoms with E-state index in [-0.39, 0.29) is 16.7 Å². The van der Waals surface area contributed by atoms with E-state index in [1.165, 1.54) is 28.9 Å². The maximum absolute atomic E-state index is 12.9. The number of carboxylic acids is 1. The van der Waals surface area contributed by atoms with Crippen LogP contribution >= 0.6 is 0 Å². The Balaban J connectivity index is 1.85. The molecule has 1 heterocycles. The van der Waals surface area contributed by atoms with Crippen molar-refractivity contribution >= 4 is 17.6 Å². The molecule has 3 rings (SSSR count). The molecule has 0 aliphatic carbocycles. The number of nitrogens with one attached hydrogen (secondary N) is 2. The lowest BCUT2D eigenvalue weighted by Gasteiger charge is -2.05. The van der Waals surface area contributed by atoms with Gasteiger partial charge in [0.1, 0.15) is 0 Å². The molecule has 1 amide bonds. The van der Waals surface area contributed by atoms with E-state index in [4.69, 9.17) is 5.11 Å². The van der Waals surface area contributed by atoms with E-state index in [2.05, 4.69) is 15.6 Å². The molecule has 2 aromatic carbocycles. The van der Waals surface area contributed by atoms with E-state index in [1.807, 2.05) is 32.0 Å². The highest BCUT2D eigenvalue weighted by Crippen LogP contribution is 2.13. The van der Waals surface area contributed by atoms with Crippen LogP contribution in [-0.2, 0) is 0 Å². The summed E-state index contributed by atoms with van der Waals surface area (Å²) in [6, 6.07) is 11.2. The number of carboxylic acid groups (broad SMARTS) is 1. The van der Waals surface area contributed by atoms with Crippen LogP contribution in [0.5, 0.6) is 0 Å². The highest BCUT2D eigenvalue weighted by atomic mass is 16.4. The lowest BCUT2D eigenvalue weighted by atomic mass is 10.1. The molecule has 0 radical (unpaired) electrons. The summed E-state index contributed by atoms with van der Waals surface area (Å²) in [5.41, 5.74) is 6.75. The summed E-state index contributed by atoms with van der Waals surface area (Å²) in [6.07, 6.45) is 0. The van der Waals surface area contributed by atoms with Gasteiger partial charge in [-0.3, -0.25) is 14.7 Å². The number of H-pyrrole nitrogens is 1. The molecule has 0 unspecified atom stereocenters. The van der Waals surface area contributed by atoms with Gasteiger partial charge >= 0.3 is 5.97 Å².